The summed E-state index contributed by atoms with van der Waals surface area (Å²) in [5.74, 6) is 3.71. The second kappa shape index (κ2) is 33.5. The molecule has 0 saturated heterocycles. The van der Waals surface area contributed by atoms with Crippen LogP contribution in [-0.4, -0.2) is 45.1 Å². The molecule has 5 heterocycles. The molecule has 5 heteroatoms. The van der Waals surface area contributed by atoms with Crippen molar-refractivity contribution in [2.24, 2.45) is 23.7 Å². The Morgan fingerprint density at radius 2 is 0.725 bits per heavy atom. The highest BCUT2D eigenvalue weighted by atomic mass is 28.3. The summed E-state index contributed by atoms with van der Waals surface area (Å²) in [7, 11) is 5.64. The van der Waals surface area contributed by atoms with Gasteiger partial charge in [-0.1, -0.05) is 249 Å². The van der Waals surface area contributed by atoms with Gasteiger partial charge in [0.05, 0.1) is 45.0 Å². The number of aromatic nitrogens is 2. The van der Waals surface area contributed by atoms with Gasteiger partial charge in [0.2, 0.25) is 0 Å². The van der Waals surface area contributed by atoms with E-state index >= 15 is 0 Å². The summed E-state index contributed by atoms with van der Waals surface area (Å²) < 4.78 is 5.31. The number of rotatable bonds is 33. The number of hydrogen-bond donors (Lipinski definition) is 0. The molecule has 4 atom stereocenters. The first-order valence-corrected chi connectivity index (χ1v) is 42.4. The summed E-state index contributed by atoms with van der Waals surface area (Å²) in [6.07, 6.45) is 26.5. The van der Waals surface area contributed by atoms with Crippen LogP contribution in [0, 0.1) is 43.4 Å². The van der Waals surface area contributed by atoms with Gasteiger partial charge < -0.3 is 18.6 Å². The number of unbranched alkanes of at least 4 members (excludes halogenated alkanes) is 4. The van der Waals surface area contributed by atoms with Crippen molar-refractivity contribution in [2.45, 2.75) is 197 Å². The van der Waals surface area contributed by atoms with Gasteiger partial charge in [0.25, 0.3) is 0 Å². The molecular formula is C97H119N4Si+. The summed E-state index contributed by atoms with van der Waals surface area (Å²) in [4.78, 5) is 4.41. The fourth-order valence-electron chi connectivity index (χ4n) is 18.0. The van der Waals surface area contributed by atoms with Crippen molar-refractivity contribution in [3.05, 3.63) is 245 Å². The number of anilines is 2. The fourth-order valence-corrected chi connectivity index (χ4v) is 24.6. The van der Waals surface area contributed by atoms with E-state index in [9.17, 15) is 0 Å². The molecule has 4 aromatic heterocycles. The number of nitrogens with zero attached hydrogens (tertiary/aromatic N) is 4. The molecule has 0 N–H and O–H groups in total. The van der Waals surface area contributed by atoms with Crippen LogP contribution in [0.25, 0.3) is 78.1 Å². The van der Waals surface area contributed by atoms with Gasteiger partial charge >= 0.3 is 0 Å². The Bertz CT molecular complexity index is 4280. The third kappa shape index (κ3) is 15.1. The summed E-state index contributed by atoms with van der Waals surface area (Å²) in [6.45, 7) is 24.3. The predicted octanol–water partition coefficient (Wildman–Crippen LogP) is 25.8. The molecule has 4 unspecified atom stereocenters. The van der Waals surface area contributed by atoms with Gasteiger partial charge in [0.15, 0.2) is 8.07 Å². The van der Waals surface area contributed by atoms with Crippen LogP contribution in [0.5, 0.6) is 0 Å². The number of pyridine rings is 2. The highest BCUT2D eigenvalue weighted by molar-refractivity contribution is 7.03. The minimum absolute atomic E-state index is 0.564. The maximum absolute atomic E-state index is 2.92. The van der Waals surface area contributed by atoms with Crippen LogP contribution in [0.2, 0.25) is 12.1 Å². The SMILES string of the molecule is CCCCC(CC)Cc1c(-c2ccccc2)c(-c2ccc3c(c2)[Si](CC(CC)CCCC)(CC(CC)CCCC)c2cc(-c4c(-c5ccccc5)c(CC(CC)CCCC)c5cc(-c6ccc(N(C)C)cc6)ccn45)ccc2[C+]3c2c(C)cccc2C)n2ccc(-c3ccc(N(C)C)cc3)cc12. The molecule has 530 valence electrons. The molecule has 1 aliphatic rings. The first-order chi connectivity index (χ1) is 49.7. The molecule has 0 fully saturated rings. The lowest BCUT2D eigenvalue weighted by molar-refractivity contribution is 0.450. The van der Waals surface area contributed by atoms with Crippen molar-refractivity contribution in [1.82, 2.24) is 8.80 Å². The van der Waals surface area contributed by atoms with Crippen LogP contribution in [0.15, 0.2) is 200 Å². The number of hydrogen-bond acceptors (Lipinski definition) is 2. The van der Waals surface area contributed by atoms with E-state index < -0.39 is 8.07 Å². The van der Waals surface area contributed by atoms with Crippen molar-refractivity contribution < 1.29 is 0 Å². The molecule has 102 heavy (non-hydrogen) atoms. The van der Waals surface area contributed by atoms with E-state index in [1.165, 1.54) is 236 Å². The van der Waals surface area contributed by atoms with E-state index in [4.69, 9.17) is 0 Å². The molecule has 0 bridgehead atoms. The Kier molecular flexibility index (Phi) is 24.1. The molecule has 11 aromatic rings. The van der Waals surface area contributed by atoms with Crippen LogP contribution in [0.1, 0.15) is 197 Å². The second-order valence-electron chi connectivity index (χ2n) is 31.1. The molecule has 1 aliphatic heterocycles. The predicted molar refractivity (Wildman–Crippen MR) is 448 cm³/mol. The number of benzene rings is 7. The van der Waals surface area contributed by atoms with E-state index in [0.29, 0.717) is 23.7 Å². The molecule has 4 nitrogen and oxygen atoms in total. The molecule has 7 aromatic carbocycles. The standard InChI is InChI=1S/C97H119N4Si/c1-15-23-36-70(19-5)60-86-88-62-78(74-44-50-82(51-45-74)98(11)12)56-58-100(88)96(93(86)76-40-29-27-30-41-76)80-48-54-84-90(64-80)102(66-72(21-7)38-25-17-3,67-73(22-8)39-26-18-4)91-65-81(49-55-85(91)95(84)92-68(9)34-33-35-69(92)10)97-94(77-42-31-28-32-43-77)87(61-71(20-6)37-24-16-2)89-63-79(57-59-101(89)97)75-46-52-83(53-47-75)99(13)14/h27-35,40-59,62-65,70-73H,15-26,36-39,60-61,66-67H2,1-14H3/q+1. The van der Waals surface area contributed by atoms with E-state index in [1.807, 2.05) is 0 Å². The average molecular weight is 1370 g/mol. The molecule has 0 spiro atoms. The Morgan fingerprint density at radius 3 is 1.08 bits per heavy atom. The monoisotopic (exact) mass is 1370 g/mol. The Balaban J connectivity index is 1.21. The maximum Gasteiger partial charge on any atom is 0.177 e. The molecular weight excluding hydrogens is 1250 g/mol. The van der Waals surface area contributed by atoms with Crippen LogP contribution in [0.4, 0.5) is 11.4 Å². The minimum Gasteiger partial charge on any atom is -0.378 e. The van der Waals surface area contributed by atoms with E-state index in [0.717, 1.165) is 25.7 Å². The van der Waals surface area contributed by atoms with Gasteiger partial charge in [-0.3, -0.25) is 0 Å². The highest BCUT2D eigenvalue weighted by Gasteiger charge is 2.53. The van der Waals surface area contributed by atoms with Crippen molar-refractivity contribution in [3.8, 4) is 67.0 Å². The van der Waals surface area contributed by atoms with Gasteiger partial charge in [-0.25, -0.2) is 0 Å². The quantitative estimate of drug-likeness (QED) is 0.0301. The Labute approximate surface area is 616 Å². The number of aryl methyl sites for hydroxylation is 2. The van der Waals surface area contributed by atoms with Crippen molar-refractivity contribution in [2.75, 3.05) is 38.0 Å². The van der Waals surface area contributed by atoms with Crippen molar-refractivity contribution in [1.29, 1.82) is 0 Å². The fraction of sp³-hybridized carbons (Fsp3) is 0.392. The first kappa shape index (κ1) is 73.5. The molecule has 0 radical (unpaired) electrons. The summed E-state index contributed by atoms with van der Waals surface area (Å²) in [5.41, 5.74) is 30.9. The van der Waals surface area contributed by atoms with Crippen LogP contribution in [-0.2, 0) is 12.8 Å². The molecule has 0 saturated carbocycles. The molecule has 0 aliphatic carbocycles. The Hall–Kier alpha value is -8.25. The summed E-state index contributed by atoms with van der Waals surface area (Å²) in [6, 6.07) is 77.3. The van der Waals surface area contributed by atoms with Gasteiger partial charge in [-0.05, 0) is 214 Å². The van der Waals surface area contributed by atoms with Gasteiger partial charge in [0, 0.05) is 85.3 Å². The average Bonchev–Trinajstić information content (AvgIpc) is 0.957. The van der Waals surface area contributed by atoms with Gasteiger partial charge in [-0.2, -0.15) is 0 Å². The number of fused-ring (bicyclic) bond motifs is 4. The highest BCUT2D eigenvalue weighted by Crippen LogP contribution is 2.50. The lowest BCUT2D eigenvalue weighted by atomic mass is 9.79. The third-order valence-electron chi connectivity index (χ3n) is 24.0. The largest absolute Gasteiger partial charge is 0.378 e. The smallest absolute Gasteiger partial charge is 0.177 e. The van der Waals surface area contributed by atoms with Gasteiger partial charge in [-0.15, -0.1) is 0 Å². The van der Waals surface area contributed by atoms with Crippen molar-refractivity contribution in [3.63, 3.8) is 0 Å². The lowest BCUT2D eigenvalue weighted by Gasteiger charge is -2.43. The zero-order valence-corrected chi connectivity index (χ0v) is 65.8. The maximum atomic E-state index is 2.87. The molecule has 12 rings (SSSR count). The van der Waals surface area contributed by atoms with E-state index in [1.54, 1.807) is 10.4 Å². The van der Waals surface area contributed by atoms with Crippen LogP contribution < -0.4 is 20.2 Å². The lowest BCUT2D eigenvalue weighted by Crippen LogP contribution is -2.65. The summed E-state index contributed by atoms with van der Waals surface area (Å²) >= 11 is 0. The zero-order valence-electron chi connectivity index (χ0n) is 64.8. The normalized spacial score (nSPS) is 14.8. The van der Waals surface area contributed by atoms with Crippen molar-refractivity contribution >= 4 is 40.9 Å². The summed E-state index contributed by atoms with van der Waals surface area (Å²) in [5, 5.41) is 3.32. The Morgan fingerprint density at radius 1 is 0.363 bits per heavy atom. The zero-order chi connectivity index (χ0) is 71.6. The van der Waals surface area contributed by atoms with Crippen LogP contribution in [0.3, 0.4) is 0 Å². The second-order valence-corrected chi connectivity index (χ2v) is 35.1. The topological polar surface area (TPSA) is 15.3 Å². The van der Waals surface area contributed by atoms with Gasteiger partial charge in [0.1, 0.15) is 0 Å². The first-order valence-electron chi connectivity index (χ1n) is 39.9. The van der Waals surface area contributed by atoms with Crippen LogP contribution >= 0.6 is 0 Å². The third-order valence-corrected chi connectivity index (χ3v) is 29.4. The minimum atomic E-state index is -2.92. The van der Waals surface area contributed by atoms with E-state index in [-0.39, 0.29) is 0 Å². The van der Waals surface area contributed by atoms with E-state index in [2.05, 4.69) is 316 Å². The molecule has 0 amide bonds.